The molecule has 0 aliphatic carbocycles. The van der Waals surface area contributed by atoms with E-state index < -0.39 is 10.1 Å². The second-order valence-electron chi connectivity index (χ2n) is 2.91. The van der Waals surface area contributed by atoms with Gasteiger partial charge < -0.3 is 0 Å². The Labute approximate surface area is 81.7 Å². The molecule has 2 aromatic carbocycles. The Balaban J connectivity index is 2.75. The van der Waals surface area contributed by atoms with Crippen LogP contribution in [0.15, 0.2) is 41.3 Å². The van der Waals surface area contributed by atoms with E-state index in [1.54, 1.807) is 24.3 Å². The molecule has 0 saturated carbocycles. The second-order valence-corrected chi connectivity index (χ2v) is 4.33. The summed E-state index contributed by atoms with van der Waals surface area (Å²) < 4.78 is 30.5. The van der Waals surface area contributed by atoms with E-state index in [0.717, 1.165) is 10.8 Å². The lowest BCUT2D eigenvalue weighted by molar-refractivity contribution is 0.483. The normalized spacial score (nSPS) is 11.8. The van der Waals surface area contributed by atoms with Crippen LogP contribution in [0.1, 0.15) is 0 Å². The summed E-state index contributed by atoms with van der Waals surface area (Å²) in [6, 6.07) is 12.5. The van der Waals surface area contributed by atoms with Gasteiger partial charge in [-0.2, -0.15) is 8.42 Å². The molecule has 0 unspecified atom stereocenters. The molecule has 14 heavy (non-hydrogen) atoms. The van der Waals surface area contributed by atoms with E-state index in [0.29, 0.717) is 0 Å². The average molecular weight is 207 g/mol. The summed E-state index contributed by atoms with van der Waals surface area (Å²) in [7, 11) is -4.10. The van der Waals surface area contributed by atoms with Crippen molar-refractivity contribution >= 4 is 20.9 Å². The van der Waals surface area contributed by atoms with Crippen molar-refractivity contribution in [1.29, 1.82) is 0 Å². The van der Waals surface area contributed by atoms with Crippen LogP contribution in [-0.2, 0) is 10.1 Å². The van der Waals surface area contributed by atoms with Crippen molar-refractivity contribution in [1.82, 2.24) is 0 Å². The van der Waals surface area contributed by atoms with E-state index in [4.69, 9.17) is 4.55 Å². The van der Waals surface area contributed by atoms with Crippen LogP contribution >= 0.6 is 0 Å². The maximum atomic E-state index is 10.8. The van der Waals surface area contributed by atoms with Gasteiger partial charge in [-0.05, 0) is 35.0 Å². The molecule has 0 bridgehead atoms. The summed E-state index contributed by atoms with van der Waals surface area (Å²) in [5, 5.41) is 1.65. The Morgan fingerprint density at radius 1 is 1.14 bits per heavy atom. The first-order valence-electron chi connectivity index (χ1n) is 3.95. The van der Waals surface area contributed by atoms with E-state index in [2.05, 4.69) is 6.07 Å². The molecule has 2 aromatic rings. The molecule has 0 aromatic heterocycles. The lowest BCUT2D eigenvalue weighted by Crippen LogP contribution is -1.97. The number of hydrogen-bond acceptors (Lipinski definition) is 2. The van der Waals surface area contributed by atoms with Crippen LogP contribution in [0.2, 0.25) is 0 Å². The first-order chi connectivity index (χ1) is 6.57. The zero-order chi connectivity index (χ0) is 10.2. The van der Waals surface area contributed by atoms with Crippen molar-refractivity contribution in [3.8, 4) is 0 Å². The summed E-state index contributed by atoms with van der Waals surface area (Å²) >= 11 is 0. The number of rotatable bonds is 1. The van der Waals surface area contributed by atoms with Crippen LogP contribution in [0, 0.1) is 6.07 Å². The summed E-state index contributed by atoms with van der Waals surface area (Å²) in [6.07, 6.45) is 0. The molecule has 0 amide bonds. The molecule has 4 heteroatoms. The predicted octanol–water partition coefficient (Wildman–Crippen LogP) is 1.89. The molecule has 71 valence electrons. The van der Waals surface area contributed by atoms with E-state index >= 15 is 0 Å². The Kier molecular flexibility index (Phi) is 2.02. The molecule has 0 aliphatic heterocycles. The summed E-state index contributed by atoms with van der Waals surface area (Å²) in [5.41, 5.74) is 0. The van der Waals surface area contributed by atoms with Gasteiger partial charge in [0.2, 0.25) is 0 Å². The predicted molar refractivity (Wildman–Crippen MR) is 52.6 cm³/mol. The lowest BCUT2D eigenvalue weighted by atomic mass is 10.1. The zero-order valence-corrected chi connectivity index (χ0v) is 7.95. The van der Waals surface area contributed by atoms with Gasteiger partial charge in [-0.25, -0.2) is 0 Å². The molecule has 0 fully saturated rings. The zero-order valence-electron chi connectivity index (χ0n) is 7.14. The number of benzene rings is 2. The Hall–Kier alpha value is -1.39. The molecule has 2 rings (SSSR count). The number of hydrogen-bond donors (Lipinski definition) is 1. The first kappa shape index (κ1) is 9.18. The van der Waals surface area contributed by atoms with Gasteiger partial charge in [-0.15, -0.1) is 0 Å². The molecule has 0 heterocycles. The monoisotopic (exact) mass is 207 g/mol. The highest BCUT2D eigenvalue weighted by Crippen LogP contribution is 2.18. The van der Waals surface area contributed by atoms with Crippen molar-refractivity contribution in [2.45, 2.75) is 4.90 Å². The Morgan fingerprint density at radius 2 is 1.93 bits per heavy atom. The molecule has 1 N–H and O–H groups in total. The summed E-state index contributed by atoms with van der Waals surface area (Å²) in [6.45, 7) is 0. The minimum atomic E-state index is -4.10. The van der Waals surface area contributed by atoms with Gasteiger partial charge in [-0.1, -0.05) is 18.2 Å². The fraction of sp³-hybridized carbons (Fsp3) is 0. The van der Waals surface area contributed by atoms with Gasteiger partial charge in [-0.3, -0.25) is 4.55 Å². The number of fused-ring (bicyclic) bond motifs is 1. The van der Waals surface area contributed by atoms with Gasteiger partial charge in [0.15, 0.2) is 0 Å². The van der Waals surface area contributed by atoms with Crippen molar-refractivity contribution in [2.24, 2.45) is 0 Å². The molecule has 0 saturated heterocycles. The van der Waals surface area contributed by atoms with Crippen LogP contribution in [0.25, 0.3) is 10.8 Å². The third-order valence-corrected chi connectivity index (χ3v) is 2.80. The molecular formula is C10H7O3S. The quantitative estimate of drug-likeness (QED) is 0.726. The lowest BCUT2D eigenvalue weighted by Gasteiger charge is -1.99. The summed E-state index contributed by atoms with van der Waals surface area (Å²) in [4.78, 5) is -0.0869. The molecular weight excluding hydrogens is 200 g/mol. The SMILES string of the molecule is O=S(=O)(O)c1ccc2c[c]ccc2c1. The van der Waals surface area contributed by atoms with E-state index in [-0.39, 0.29) is 4.90 Å². The maximum absolute atomic E-state index is 10.8. The fourth-order valence-corrected chi connectivity index (χ4v) is 1.78. The van der Waals surface area contributed by atoms with Gasteiger partial charge in [0, 0.05) is 0 Å². The van der Waals surface area contributed by atoms with Crippen molar-refractivity contribution in [2.75, 3.05) is 0 Å². The van der Waals surface area contributed by atoms with Crippen LogP contribution < -0.4 is 0 Å². The molecule has 0 aliphatic rings. The van der Waals surface area contributed by atoms with Gasteiger partial charge in [0.25, 0.3) is 10.1 Å². The minimum Gasteiger partial charge on any atom is -0.282 e. The average Bonchev–Trinajstić information content (AvgIpc) is 2.16. The fourth-order valence-electron chi connectivity index (χ4n) is 1.26. The van der Waals surface area contributed by atoms with Crippen molar-refractivity contribution < 1.29 is 13.0 Å². The molecule has 3 nitrogen and oxygen atoms in total. The highest BCUT2D eigenvalue weighted by Gasteiger charge is 2.08. The first-order valence-corrected chi connectivity index (χ1v) is 5.39. The Morgan fingerprint density at radius 3 is 2.64 bits per heavy atom. The van der Waals surface area contributed by atoms with Crippen molar-refractivity contribution in [3.05, 3.63) is 42.5 Å². The van der Waals surface area contributed by atoms with Gasteiger partial charge in [0.1, 0.15) is 0 Å². The largest absolute Gasteiger partial charge is 0.294 e. The molecule has 0 atom stereocenters. The second kappa shape index (κ2) is 3.08. The van der Waals surface area contributed by atoms with E-state index in [9.17, 15) is 8.42 Å². The topological polar surface area (TPSA) is 54.4 Å². The van der Waals surface area contributed by atoms with E-state index in [1.807, 2.05) is 0 Å². The smallest absolute Gasteiger partial charge is 0.282 e. The summed E-state index contributed by atoms with van der Waals surface area (Å²) in [5.74, 6) is 0. The van der Waals surface area contributed by atoms with Gasteiger partial charge >= 0.3 is 0 Å². The van der Waals surface area contributed by atoms with Gasteiger partial charge in [0.05, 0.1) is 4.90 Å². The molecule has 1 radical (unpaired) electrons. The molecule has 0 spiro atoms. The highest BCUT2D eigenvalue weighted by atomic mass is 32.2. The maximum Gasteiger partial charge on any atom is 0.294 e. The third-order valence-electron chi connectivity index (χ3n) is 1.95. The Bertz CT molecular complexity index is 573. The highest BCUT2D eigenvalue weighted by molar-refractivity contribution is 7.85. The third kappa shape index (κ3) is 1.62. The van der Waals surface area contributed by atoms with Crippen molar-refractivity contribution in [3.63, 3.8) is 0 Å². The van der Waals surface area contributed by atoms with E-state index in [1.165, 1.54) is 12.1 Å². The van der Waals surface area contributed by atoms with Crippen LogP contribution in [-0.4, -0.2) is 13.0 Å². The standard InChI is InChI=1S/C10H7O3S/c11-14(12,13)10-6-5-8-3-1-2-4-9(8)7-10/h2-7H,(H,11,12,13). The van der Waals surface area contributed by atoms with Crippen LogP contribution in [0.3, 0.4) is 0 Å². The van der Waals surface area contributed by atoms with Crippen LogP contribution in [0.4, 0.5) is 0 Å². The van der Waals surface area contributed by atoms with Crippen LogP contribution in [0.5, 0.6) is 0 Å². The minimum absolute atomic E-state index is 0.0869.